The highest BCUT2D eigenvalue weighted by molar-refractivity contribution is 5.78. The highest BCUT2D eigenvalue weighted by Gasteiger charge is 2.15. The van der Waals surface area contributed by atoms with E-state index in [4.69, 9.17) is 0 Å². The lowest BCUT2D eigenvalue weighted by Crippen LogP contribution is -2.39. The maximum Gasteiger partial charge on any atom is 0.223 e. The molecule has 4 heteroatoms. The molecule has 1 N–H and O–H groups in total. The molecule has 0 saturated carbocycles. The number of hydrogen-bond donors (Lipinski definition) is 1. The van der Waals surface area contributed by atoms with Crippen molar-refractivity contribution in [2.45, 2.75) is 47.1 Å². The van der Waals surface area contributed by atoms with Crippen LogP contribution in [-0.4, -0.2) is 29.8 Å². The van der Waals surface area contributed by atoms with Gasteiger partial charge in [0.2, 0.25) is 11.8 Å². The largest absolute Gasteiger partial charge is 0.354 e. The van der Waals surface area contributed by atoms with E-state index in [9.17, 15) is 9.59 Å². The molecule has 1 aromatic carbocycles. The van der Waals surface area contributed by atoms with E-state index in [2.05, 4.69) is 5.32 Å². The monoisotopic (exact) mass is 304 g/mol. The predicted molar refractivity (Wildman–Crippen MR) is 89.4 cm³/mol. The number of carbonyl (C=O) groups is 2. The average molecular weight is 304 g/mol. The molecule has 0 heterocycles. The first-order chi connectivity index (χ1) is 10.5. The van der Waals surface area contributed by atoms with Crippen molar-refractivity contribution >= 4 is 11.8 Å². The number of nitrogens with one attached hydrogen (secondary N) is 1. The first kappa shape index (κ1) is 18.2. The summed E-state index contributed by atoms with van der Waals surface area (Å²) in [5, 5.41) is 2.94. The Hall–Kier alpha value is -1.84. The Morgan fingerprint density at radius 3 is 2.36 bits per heavy atom. The van der Waals surface area contributed by atoms with E-state index in [0.717, 1.165) is 18.4 Å². The fourth-order valence-corrected chi connectivity index (χ4v) is 2.46. The van der Waals surface area contributed by atoms with Gasteiger partial charge in [0.25, 0.3) is 0 Å². The lowest BCUT2D eigenvalue weighted by atomic mass is 10.0. The summed E-state index contributed by atoms with van der Waals surface area (Å²) in [7, 11) is 0. The molecule has 0 saturated heterocycles. The fraction of sp³-hybridized carbons (Fsp3) is 0.556. The van der Waals surface area contributed by atoms with Gasteiger partial charge in [-0.25, -0.2) is 0 Å². The van der Waals surface area contributed by atoms with Crippen LogP contribution in [0.5, 0.6) is 0 Å². The standard InChI is InChI=1S/C18H28N2O2/c1-5-16(6-2)18(22)19-11-12-20(15(4)21)13-17-10-8-7-9-14(17)3/h7-10,16H,5-6,11-13H2,1-4H3,(H,19,22). The van der Waals surface area contributed by atoms with Gasteiger partial charge in [-0.05, 0) is 30.9 Å². The highest BCUT2D eigenvalue weighted by Crippen LogP contribution is 2.11. The third-order valence-electron chi connectivity index (χ3n) is 4.11. The van der Waals surface area contributed by atoms with E-state index in [-0.39, 0.29) is 17.7 Å². The minimum Gasteiger partial charge on any atom is -0.354 e. The van der Waals surface area contributed by atoms with Gasteiger partial charge in [0.15, 0.2) is 0 Å². The molecule has 1 rings (SSSR count). The van der Waals surface area contributed by atoms with Crippen molar-refractivity contribution in [3.8, 4) is 0 Å². The summed E-state index contributed by atoms with van der Waals surface area (Å²) in [6.45, 7) is 9.28. The summed E-state index contributed by atoms with van der Waals surface area (Å²) < 4.78 is 0. The smallest absolute Gasteiger partial charge is 0.223 e. The van der Waals surface area contributed by atoms with Gasteiger partial charge in [-0.15, -0.1) is 0 Å². The topological polar surface area (TPSA) is 49.4 Å². The van der Waals surface area contributed by atoms with Gasteiger partial charge < -0.3 is 10.2 Å². The van der Waals surface area contributed by atoms with Crippen LogP contribution in [0.1, 0.15) is 44.7 Å². The number of rotatable bonds is 8. The van der Waals surface area contributed by atoms with E-state index in [1.807, 2.05) is 45.0 Å². The van der Waals surface area contributed by atoms with Crippen LogP contribution in [-0.2, 0) is 16.1 Å². The van der Waals surface area contributed by atoms with E-state index < -0.39 is 0 Å². The lowest BCUT2D eigenvalue weighted by molar-refractivity contribution is -0.130. The fourth-order valence-electron chi connectivity index (χ4n) is 2.46. The minimum atomic E-state index is 0.0278. The molecule has 4 nitrogen and oxygen atoms in total. The highest BCUT2D eigenvalue weighted by atomic mass is 16.2. The Morgan fingerprint density at radius 1 is 1.18 bits per heavy atom. The molecule has 0 atom stereocenters. The zero-order valence-corrected chi connectivity index (χ0v) is 14.2. The number of amides is 2. The van der Waals surface area contributed by atoms with Gasteiger partial charge in [0.05, 0.1) is 0 Å². The third-order valence-corrected chi connectivity index (χ3v) is 4.11. The zero-order chi connectivity index (χ0) is 16.5. The predicted octanol–water partition coefficient (Wildman–Crippen LogP) is 2.90. The van der Waals surface area contributed by atoms with E-state index >= 15 is 0 Å². The SMILES string of the molecule is CCC(CC)C(=O)NCCN(Cc1ccccc1C)C(C)=O. The van der Waals surface area contributed by atoms with Crippen molar-refractivity contribution in [1.29, 1.82) is 0 Å². The summed E-state index contributed by atoms with van der Waals surface area (Å²) in [6, 6.07) is 8.05. The van der Waals surface area contributed by atoms with Crippen molar-refractivity contribution < 1.29 is 9.59 Å². The Balaban J connectivity index is 2.54. The minimum absolute atomic E-state index is 0.0278. The second kappa shape index (κ2) is 9.23. The van der Waals surface area contributed by atoms with Gasteiger partial charge in [-0.1, -0.05) is 38.1 Å². The molecular formula is C18H28N2O2. The number of benzene rings is 1. The summed E-state index contributed by atoms with van der Waals surface area (Å²) in [4.78, 5) is 25.5. The summed E-state index contributed by atoms with van der Waals surface area (Å²) in [6.07, 6.45) is 1.70. The molecule has 1 aromatic rings. The molecule has 0 aromatic heterocycles. The molecular weight excluding hydrogens is 276 g/mol. The van der Waals surface area contributed by atoms with Crippen molar-refractivity contribution in [3.05, 3.63) is 35.4 Å². The molecule has 0 aliphatic rings. The van der Waals surface area contributed by atoms with Crippen LogP contribution in [0.15, 0.2) is 24.3 Å². The van der Waals surface area contributed by atoms with Gasteiger partial charge in [0.1, 0.15) is 0 Å². The van der Waals surface area contributed by atoms with Gasteiger partial charge in [-0.2, -0.15) is 0 Å². The average Bonchev–Trinajstić information content (AvgIpc) is 2.49. The summed E-state index contributed by atoms with van der Waals surface area (Å²) in [5.41, 5.74) is 2.32. The maximum absolute atomic E-state index is 12.0. The van der Waals surface area contributed by atoms with Gasteiger partial charge >= 0.3 is 0 Å². The molecule has 0 fully saturated rings. The van der Waals surface area contributed by atoms with Crippen LogP contribution in [0.3, 0.4) is 0 Å². The number of hydrogen-bond acceptors (Lipinski definition) is 2. The molecule has 0 spiro atoms. The van der Waals surface area contributed by atoms with Crippen LogP contribution in [0.4, 0.5) is 0 Å². The van der Waals surface area contributed by atoms with Crippen LogP contribution in [0.25, 0.3) is 0 Å². The van der Waals surface area contributed by atoms with Crippen LogP contribution >= 0.6 is 0 Å². The molecule has 122 valence electrons. The second-order valence-corrected chi connectivity index (χ2v) is 5.67. The Bertz CT molecular complexity index is 496. The normalized spacial score (nSPS) is 10.6. The lowest BCUT2D eigenvalue weighted by Gasteiger charge is -2.23. The molecule has 0 aliphatic carbocycles. The van der Waals surface area contributed by atoms with Crippen LogP contribution in [0.2, 0.25) is 0 Å². The van der Waals surface area contributed by atoms with E-state index in [1.165, 1.54) is 5.56 Å². The van der Waals surface area contributed by atoms with Crippen molar-refractivity contribution in [2.24, 2.45) is 5.92 Å². The first-order valence-corrected chi connectivity index (χ1v) is 8.07. The Kier molecular flexibility index (Phi) is 7.64. The number of nitrogens with zero attached hydrogens (tertiary/aromatic N) is 1. The molecule has 0 radical (unpaired) electrons. The van der Waals surface area contributed by atoms with Gasteiger partial charge in [-0.3, -0.25) is 9.59 Å². The van der Waals surface area contributed by atoms with Crippen molar-refractivity contribution in [2.75, 3.05) is 13.1 Å². The van der Waals surface area contributed by atoms with Crippen molar-refractivity contribution in [3.63, 3.8) is 0 Å². The molecule has 2 amide bonds. The zero-order valence-electron chi connectivity index (χ0n) is 14.2. The molecule has 0 unspecified atom stereocenters. The van der Waals surface area contributed by atoms with E-state index in [0.29, 0.717) is 19.6 Å². The van der Waals surface area contributed by atoms with Crippen molar-refractivity contribution in [1.82, 2.24) is 10.2 Å². The summed E-state index contributed by atoms with van der Waals surface area (Å²) >= 11 is 0. The Morgan fingerprint density at radius 2 is 1.82 bits per heavy atom. The van der Waals surface area contributed by atoms with E-state index in [1.54, 1.807) is 11.8 Å². The number of carbonyl (C=O) groups excluding carboxylic acids is 2. The van der Waals surface area contributed by atoms with Crippen LogP contribution in [0, 0.1) is 12.8 Å². The molecule has 22 heavy (non-hydrogen) atoms. The summed E-state index contributed by atoms with van der Waals surface area (Å²) in [5.74, 6) is 0.187. The first-order valence-electron chi connectivity index (χ1n) is 8.07. The van der Waals surface area contributed by atoms with Gasteiger partial charge in [0, 0.05) is 32.5 Å². The second-order valence-electron chi connectivity index (χ2n) is 5.67. The molecule has 0 bridgehead atoms. The quantitative estimate of drug-likeness (QED) is 0.803. The maximum atomic E-state index is 12.0. The van der Waals surface area contributed by atoms with Crippen LogP contribution < -0.4 is 5.32 Å². The Labute approximate surface area is 133 Å². The number of aryl methyl sites for hydroxylation is 1. The third kappa shape index (κ3) is 5.51. The molecule has 0 aliphatic heterocycles.